The van der Waals surface area contributed by atoms with Gasteiger partial charge in [0.2, 0.25) is 0 Å². The van der Waals surface area contributed by atoms with Crippen LogP contribution in [0.25, 0.3) is 0 Å². The SMILES string of the molecule is Cc1ccc(O[C@@H]2C[C@@H]3CN(Cc4ccccc4C(=O)O)C[C@@H]3C[C@H]2O)c(C)n1. The van der Waals surface area contributed by atoms with Crippen molar-refractivity contribution < 1.29 is 19.7 Å². The zero-order valence-electron chi connectivity index (χ0n) is 16.9. The van der Waals surface area contributed by atoms with E-state index in [0.29, 0.717) is 30.4 Å². The van der Waals surface area contributed by atoms with Crippen LogP contribution in [0.1, 0.15) is 40.2 Å². The molecule has 6 nitrogen and oxygen atoms in total. The molecule has 29 heavy (non-hydrogen) atoms. The fourth-order valence-corrected chi connectivity index (χ4v) is 4.81. The maximum Gasteiger partial charge on any atom is 0.336 e. The molecule has 1 saturated carbocycles. The molecule has 0 radical (unpaired) electrons. The first kappa shape index (κ1) is 19.9. The molecule has 1 aromatic heterocycles. The fourth-order valence-electron chi connectivity index (χ4n) is 4.81. The normalized spacial score (nSPS) is 26.9. The number of hydrogen-bond donors (Lipinski definition) is 2. The Hall–Kier alpha value is -2.44. The van der Waals surface area contributed by atoms with Gasteiger partial charge in [0.15, 0.2) is 0 Å². The molecule has 1 saturated heterocycles. The minimum Gasteiger partial charge on any atom is -0.486 e. The highest BCUT2D eigenvalue weighted by molar-refractivity contribution is 5.89. The highest BCUT2D eigenvalue weighted by Crippen LogP contribution is 2.39. The van der Waals surface area contributed by atoms with Crippen LogP contribution in [0, 0.1) is 25.7 Å². The number of rotatable bonds is 5. The lowest BCUT2D eigenvalue weighted by Gasteiger charge is -2.35. The van der Waals surface area contributed by atoms with Crippen LogP contribution in [-0.2, 0) is 6.54 Å². The van der Waals surface area contributed by atoms with Crippen molar-refractivity contribution in [2.75, 3.05) is 13.1 Å². The Morgan fingerprint density at radius 1 is 1.14 bits per heavy atom. The number of aromatic carboxylic acids is 1. The molecule has 4 rings (SSSR count). The standard InChI is InChI=1S/C23H28N2O4/c1-14-7-8-21(15(2)24-14)29-22-10-18-13-25(12-17(18)9-20(22)26)11-16-5-3-4-6-19(16)23(27)28/h3-8,17-18,20,22,26H,9-13H2,1-2H3,(H,27,28)/t17-,18+,20+,22+/m0/s1. The summed E-state index contributed by atoms with van der Waals surface area (Å²) in [6.45, 7) is 6.28. The van der Waals surface area contributed by atoms with Gasteiger partial charge in [-0.1, -0.05) is 18.2 Å². The Balaban J connectivity index is 1.42. The van der Waals surface area contributed by atoms with Gasteiger partial charge in [0.05, 0.1) is 17.4 Å². The molecule has 1 aliphatic carbocycles. The van der Waals surface area contributed by atoms with Crippen LogP contribution in [0.5, 0.6) is 5.75 Å². The Morgan fingerprint density at radius 2 is 1.86 bits per heavy atom. The third-order valence-electron chi connectivity index (χ3n) is 6.26. The summed E-state index contributed by atoms with van der Waals surface area (Å²) in [7, 11) is 0. The molecule has 0 amide bonds. The van der Waals surface area contributed by atoms with Gasteiger partial charge in [0.25, 0.3) is 0 Å². The van der Waals surface area contributed by atoms with Gasteiger partial charge >= 0.3 is 5.97 Å². The fraction of sp³-hybridized carbons (Fsp3) is 0.478. The third kappa shape index (κ3) is 4.28. The first-order valence-electron chi connectivity index (χ1n) is 10.2. The summed E-state index contributed by atoms with van der Waals surface area (Å²) in [5, 5.41) is 20.1. The number of ether oxygens (including phenoxy) is 1. The van der Waals surface area contributed by atoms with Crippen LogP contribution in [0.15, 0.2) is 36.4 Å². The molecule has 2 fully saturated rings. The van der Waals surface area contributed by atoms with Crippen molar-refractivity contribution >= 4 is 5.97 Å². The number of nitrogens with zero attached hydrogens (tertiary/aromatic N) is 2. The van der Waals surface area contributed by atoms with Crippen LogP contribution in [0.2, 0.25) is 0 Å². The Kier molecular flexibility index (Phi) is 5.56. The van der Waals surface area contributed by atoms with Crippen LogP contribution in [-0.4, -0.2) is 51.4 Å². The van der Waals surface area contributed by atoms with Crippen molar-refractivity contribution in [2.24, 2.45) is 11.8 Å². The smallest absolute Gasteiger partial charge is 0.336 e. The van der Waals surface area contributed by atoms with E-state index in [1.807, 2.05) is 38.1 Å². The number of aliphatic hydroxyl groups excluding tert-OH is 1. The Labute approximate surface area is 171 Å². The number of benzene rings is 1. The van der Waals surface area contributed by atoms with Gasteiger partial charge in [0, 0.05) is 25.3 Å². The van der Waals surface area contributed by atoms with Crippen LogP contribution >= 0.6 is 0 Å². The molecule has 2 aromatic rings. The van der Waals surface area contributed by atoms with Gasteiger partial charge in [-0.15, -0.1) is 0 Å². The number of aromatic nitrogens is 1. The zero-order chi connectivity index (χ0) is 20.5. The molecule has 0 spiro atoms. The number of carboxylic acid groups (broad SMARTS) is 1. The first-order valence-corrected chi connectivity index (χ1v) is 10.2. The maximum atomic E-state index is 11.5. The summed E-state index contributed by atoms with van der Waals surface area (Å²) >= 11 is 0. The number of carboxylic acids is 1. The van der Waals surface area contributed by atoms with Crippen LogP contribution in [0.3, 0.4) is 0 Å². The van der Waals surface area contributed by atoms with E-state index in [-0.39, 0.29) is 6.10 Å². The number of fused-ring (bicyclic) bond motifs is 1. The molecule has 1 aromatic carbocycles. The maximum absolute atomic E-state index is 11.5. The van der Waals surface area contributed by atoms with Crippen LogP contribution < -0.4 is 4.74 Å². The third-order valence-corrected chi connectivity index (χ3v) is 6.26. The monoisotopic (exact) mass is 396 g/mol. The van der Waals surface area contributed by atoms with Crippen molar-refractivity contribution in [1.82, 2.24) is 9.88 Å². The molecule has 0 bridgehead atoms. The largest absolute Gasteiger partial charge is 0.486 e. The second-order valence-corrected chi connectivity index (χ2v) is 8.41. The zero-order valence-corrected chi connectivity index (χ0v) is 16.9. The van der Waals surface area contributed by atoms with Gasteiger partial charge in [-0.05, 0) is 62.3 Å². The van der Waals surface area contributed by atoms with Gasteiger partial charge < -0.3 is 14.9 Å². The van der Waals surface area contributed by atoms with E-state index in [9.17, 15) is 15.0 Å². The number of aliphatic hydroxyl groups is 1. The lowest BCUT2D eigenvalue weighted by Crippen LogP contribution is -2.42. The van der Waals surface area contributed by atoms with Gasteiger partial charge in [0.1, 0.15) is 11.9 Å². The summed E-state index contributed by atoms with van der Waals surface area (Å²) in [5.74, 6) is 0.713. The summed E-state index contributed by atoms with van der Waals surface area (Å²) in [5.41, 5.74) is 3.00. The molecular formula is C23H28N2O4. The van der Waals surface area contributed by atoms with E-state index in [4.69, 9.17) is 4.74 Å². The number of carbonyl (C=O) groups is 1. The predicted octanol–water partition coefficient (Wildman–Crippen LogP) is 3.05. The average Bonchev–Trinajstić information content (AvgIpc) is 3.05. The highest BCUT2D eigenvalue weighted by atomic mass is 16.5. The van der Waals surface area contributed by atoms with Gasteiger partial charge in [-0.25, -0.2) is 4.79 Å². The van der Waals surface area contributed by atoms with Gasteiger partial charge in [-0.3, -0.25) is 9.88 Å². The van der Waals surface area contributed by atoms with E-state index < -0.39 is 12.1 Å². The number of hydrogen-bond acceptors (Lipinski definition) is 5. The average molecular weight is 396 g/mol. The lowest BCUT2D eigenvalue weighted by atomic mass is 9.78. The molecule has 2 aliphatic rings. The molecule has 154 valence electrons. The first-order chi connectivity index (χ1) is 13.9. The van der Waals surface area contributed by atoms with Crippen molar-refractivity contribution in [1.29, 1.82) is 0 Å². The molecule has 0 unspecified atom stereocenters. The molecule has 1 aliphatic heterocycles. The predicted molar refractivity (Wildman–Crippen MR) is 109 cm³/mol. The number of aryl methyl sites for hydroxylation is 2. The Morgan fingerprint density at radius 3 is 2.59 bits per heavy atom. The topological polar surface area (TPSA) is 82.9 Å². The minimum absolute atomic E-state index is 0.231. The molecule has 4 atom stereocenters. The second kappa shape index (κ2) is 8.13. The van der Waals surface area contributed by atoms with Crippen molar-refractivity contribution in [2.45, 2.75) is 45.4 Å². The summed E-state index contributed by atoms with van der Waals surface area (Å²) in [4.78, 5) is 18.2. The minimum atomic E-state index is -0.886. The molecule has 2 heterocycles. The molecule has 2 N–H and O–H groups in total. The van der Waals surface area contributed by atoms with Gasteiger partial charge in [-0.2, -0.15) is 0 Å². The quantitative estimate of drug-likeness (QED) is 0.808. The van der Waals surface area contributed by atoms with E-state index in [2.05, 4.69) is 9.88 Å². The number of likely N-dealkylation sites (tertiary alicyclic amines) is 1. The van der Waals surface area contributed by atoms with Crippen molar-refractivity contribution in [3.05, 3.63) is 58.9 Å². The summed E-state index contributed by atoms with van der Waals surface area (Å²) in [6, 6.07) is 11.1. The lowest BCUT2D eigenvalue weighted by molar-refractivity contribution is -0.0236. The molecule has 6 heteroatoms. The highest BCUT2D eigenvalue weighted by Gasteiger charge is 2.42. The van der Waals surface area contributed by atoms with E-state index >= 15 is 0 Å². The second-order valence-electron chi connectivity index (χ2n) is 8.41. The molecular weight excluding hydrogens is 368 g/mol. The van der Waals surface area contributed by atoms with E-state index in [1.165, 1.54) is 0 Å². The van der Waals surface area contributed by atoms with Crippen LogP contribution in [0.4, 0.5) is 0 Å². The summed E-state index contributed by atoms with van der Waals surface area (Å²) in [6.07, 6.45) is 0.787. The summed E-state index contributed by atoms with van der Waals surface area (Å²) < 4.78 is 6.16. The van der Waals surface area contributed by atoms with E-state index in [1.54, 1.807) is 12.1 Å². The van der Waals surface area contributed by atoms with Crippen molar-refractivity contribution in [3.8, 4) is 5.75 Å². The number of pyridine rings is 1. The Bertz CT molecular complexity index is 900. The van der Waals surface area contributed by atoms with Crippen molar-refractivity contribution in [3.63, 3.8) is 0 Å². The van der Waals surface area contributed by atoms with E-state index in [0.717, 1.165) is 42.2 Å².